The van der Waals surface area contributed by atoms with Crippen molar-refractivity contribution in [1.82, 2.24) is 25.6 Å². The standard InChI is InChI=1S/C12H7F3N6OS/c13-12(14,15)8-7(9(22)17-11-18-20-21-19-11)23-10(16-8)6-4-2-1-3-5-6/h1-5H,(H2,17,18,19,20,21,22). The first-order valence-electron chi connectivity index (χ1n) is 6.13. The van der Waals surface area contributed by atoms with Gasteiger partial charge in [0.1, 0.15) is 9.88 Å². The van der Waals surface area contributed by atoms with Crippen LogP contribution in [0.4, 0.5) is 19.1 Å². The largest absolute Gasteiger partial charge is 0.435 e. The molecule has 1 aromatic carbocycles. The van der Waals surface area contributed by atoms with E-state index >= 15 is 0 Å². The normalized spacial score (nSPS) is 11.4. The topological polar surface area (TPSA) is 96.5 Å². The predicted octanol–water partition coefficient (Wildman–Crippen LogP) is 2.59. The van der Waals surface area contributed by atoms with Gasteiger partial charge in [0.25, 0.3) is 11.9 Å². The van der Waals surface area contributed by atoms with E-state index in [1.165, 1.54) is 0 Å². The molecule has 0 bridgehead atoms. The molecule has 2 heterocycles. The van der Waals surface area contributed by atoms with E-state index in [-0.39, 0.29) is 11.0 Å². The number of thiazole rings is 1. The fraction of sp³-hybridized carbons (Fsp3) is 0.0833. The highest BCUT2D eigenvalue weighted by Crippen LogP contribution is 2.37. The molecule has 0 aliphatic heterocycles. The third-order valence-corrected chi connectivity index (χ3v) is 3.80. The van der Waals surface area contributed by atoms with E-state index in [2.05, 4.69) is 30.9 Å². The number of aromatic amines is 1. The molecule has 1 amide bonds. The number of nitrogens with zero attached hydrogens (tertiary/aromatic N) is 4. The van der Waals surface area contributed by atoms with Crippen LogP contribution in [0.15, 0.2) is 30.3 Å². The van der Waals surface area contributed by atoms with Crippen molar-refractivity contribution in [2.45, 2.75) is 6.18 Å². The third-order valence-electron chi connectivity index (χ3n) is 2.69. The van der Waals surface area contributed by atoms with Gasteiger partial charge in [-0.1, -0.05) is 35.4 Å². The lowest BCUT2D eigenvalue weighted by Crippen LogP contribution is -2.17. The molecule has 0 fully saturated rings. The molecule has 0 saturated heterocycles. The van der Waals surface area contributed by atoms with Crippen LogP contribution in [0.2, 0.25) is 0 Å². The van der Waals surface area contributed by atoms with Gasteiger partial charge in [-0.25, -0.2) is 4.98 Å². The number of anilines is 1. The van der Waals surface area contributed by atoms with Gasteiger partial charge in [-0.05, 0) is 5.21 Å². The molecule has 0 unspecified atom stereocenters. The molecular weight excluding hydrogens is 333 g/mol. The Morgan fingerprint density at radius 1 is 1.22 bits per heavy atom. The van der Waals surface area contributed by atoms with Gasteiger partial charge in [0.2, 0.25) is 0 Å². The first kappa shape index (κ1) is 15.1. The quantitative estimate of drug-likeness (QED) is 0.764. The van der Waals surface area contributed by atoms with Crippen LogP contribution in [0.25, 0.3) is 10.6 Å². The second kappa shape index (κ2) is 5.76. The molecule has 0 aliphatic rings. The fourth-order valence-corrected chi connectivity index (χ4v) is 2.73. The number of carbonyl (C=O) groups is 1. The van der Waals surface area contributed by atoms with Crippen molar-refractivity contribution in [2.75, 3.05) is 5.32 Å². The zero-order valence-corrected chi connectivity index (χ0v) is 11.9. The highest BCUT2D eigenvalue weighted by molar-refractivity contribution is 7.17. The number of amides is 1. The van der Waals surface area contributed by atoms with Gasteiger partial charge in [-0.2, -0.15) is 18.4 Å². The van der Waals surface area contributed by atoms with E-state index < -0.39 is 22.7 Å². The minimum absolute atomic E-state index is 0.0937. The molecule has 0 radical (unpaired) electrons. The minimum atomic E-state index is -4.76. The van der Waals surface area contributed by atoms with Gasteiger partial charge in [-0.15, -0.1) is 16.4 Å². The molecule has 0 atom stereocenters. The maximum Gasteiger partial charge on any atom is 0.435 e. The third kappa shape index (κ3) is 3.18. The summed E-state index contributed by atoms with van der Waals surface area (Å²) in [7, 11) is 0. The monoisotopic (exact) mass is 340 g/mol. The molecule has 7 nitrogen and oxygen atoms in total. The molecule has 0 saturated carbocycles. The molecular formula is C12H7F3N6OS. The Labute approximate surface area is 130 Å². The molecule has 3 aromatic rings. The van der Waals surface area contributed by atoms with Crippen molar-refractivity contribution in [3.8, 4) is 10.6 Å². The summed E-state index contributed by atoms with van der Waals surface area (Å²) >= 11 is 0.640. The van der Waals surface area contributed by atoms with Crippen molar-refractivity contribution in [3.05, 3.63) is 40.9 Å². The van der Waals surface area contributed by atoms with E-state index in [9.17, 15) is 18.0 Å². The maximum absolute atomic E-state index is 13.1. The molecule has 3 rings (SSSR count). The Morgan fingerprint density at radius 2 is 1.96 bits per heavy atom. The number of tetrazole rings is 1. The molecule has 0 aliphatic carbocycles. The van der Waals surface area contributed by atoms with Crippen molar-refractivity contribution >= 4 is 23.2 Å². The van der Waals surface area contributed by atoms with Gasteiger partial charge >= 0.3 is 6.18 Å². The van der Waals surface area contributed by atoms with E-state index in [1.807, 2.05) is 0 Å². The Balaban J connectivity index is 2.01. The summed E-state index contributed by atoms with van der Waals surface area (Å²) in [5.74, 6) is -1.23. The molecule has 0 spiro atoms. The Kier molecular flexibility index (Phi) is 3.78. The predicted molar refractivity (Wildman–Crippen MR) is 74.7 cm³/mol. The summed E-state index contributed by atoms with van der Waals surface area (Å²) in [6.07, 6.45) is -4.76. The maximum atomic E-state index is 13.1. The second-order valence-corrected chi connectivity index (χ2v) is 5.25. The van der Waals surface area contributed by atoms with Crippen LogP contribution in [-0.2, 0) is 6.18 Å². The van der Waals surface area contributed by atoms with Crippen LogP contribution in [0, 0.1) is 0 Å². The summed E-state index contributed by atoms with van der Waals surface area (Å²) in [6.45, 7) is 0. The van der Waals surface area contributed by atoms with E-state index in [4.69, 9.17) is 0 Å². The smallest absolute Gasteiger partial charge is 0.287 e. The number of alkyl halides is 3. The fourth-order valence-electron chi connectivity index (χ4n) is 1.74. The molecule has 118 valence electrons. The SMILES string of the molecule is O=C(Nc1nn[nH]n1)c1sc(-c2ccccc2)nc1C(F)(F)F. The highest BCUT2D eigenvalue weighted by atomic mass is 32.1. The Bertz CT molecular complexity index is 815. The van der Waals surface area contributed by atoms with Crippen molar-refractivity contribution < 1.29 is 18.0 Å². The minimum Gasteiger partial charge on any atom is -0.287 e. The average Bonchev–Trinajstić information content (AvgIpc) is 3.16. The lowest BCUT2D eigenvalue weighted by molar-refractivity contribution is -0.140. The highest BCUT2D eigenvalue weighted by Gasteiger charge is 2.40. The molecule has 2 N–H and O–H groups in total. The van der Waals surface area contributed by atoms with Crippen LogP contribution >= 0.6 is 11.3 Å². The van der Waals surface area contributed by atoms with Gasteiger partial charge in [0.15, 0.2) is 5.69 Å². The van der Waals surface area contributed by atoms with Crippen LogP contribution < -0.4 is 5.32 Å². The molecule has 11 heteroatoms. The number of H-pyrrole nitrogens is 1. The number of rotatable bonds is 3. The van der Waals surface area contributed by atoms with Crippen molar-refractivity contribution in [2.24, 2.45) is 0 Å². The number of hydrogen-bond donors (Lipinski definition) is 2. The first-order chi connectivity index (χ1) is 10.9. The zero-order valence-electron chi connectivity index (χ0n) is 11.1. The number of carbonyl (C=O) groups excluding carboxylic acids is 1. The van der Waals surface area contributed by atoms with Crippen molar-refractivity contribution in [1.29, 1.82) is 0 Å². The summed E-state index contributed by atoms with van der Waals surface area (Å²) in [4.78, 5) is 15.1. The van der Waals surface area contributed by atoms with Crippen LogP contribution in [0.1, 0.15) is 15.4 Å². The number of halogens is 3. The number of hydrogen-bond acceptors (Lipinski definition) is 6. The lowest BCUT2D eigenvalue weighted by atomic mass is 10.2. The summed E-state index contributed by atoms with van der Waals surface area (Å²) in [6, 6.07) is 8.29. The number of benzene rings is 1. The van der Waals surface area contributed by atoms with Crippen LogP contribution in [0.3, 0.4) is 0 Å². The average molecular weight is 340 g/mol. The van der Waals surface area contributed by atoms with E-state index in [0.29, 0.717) is 16.9 Å². The van der Waals surface area contributed by atoms with Gasteiger partial charge < -0.3 is 0 Å². The number of nitrogens with one attached hydrogen (secondary N) is 2. The molecule has 2 aromatic heterocycles. The van der Waals surface area contributed by atoms with Gasteiger partial charge in [0.05, 0.1) is 0 Å². The zero-order chi connectivity index (χ0) is 16.4. The van der Waals surface area contributed by atoms with E-state index in [0.717, 1.165) is 0 Å². The Hall–Kier alpha value is -2.82. The summed E-state index contributed by atoms with van der Waals surface area (Å²) in [5.41, 5.74) is -0.760. The summed E-state index contributed by atoms with van der Waals surface area (Å²) in [5, 5.41) is 14.4. The van der Waals surface area contributed by atoms with Crippen LogP contribution in [0.5, 0.6) is 0 Å². The Morgan fingerprint density at radius 3 is 2.57 bits per heavy atom. The van der Waals surface area contributed by atoms with Crippen LogP contribution in [-0.4, -0.2) is 31.5 Å². The van der Waals surface area contributed by atoms with Gasteiger partial charge in [-0.3, -0.25) is 10.1 Å². The first-order valence-corrected chi connectivity index (χ1v) is 6.95. The second-order valence-electron chi connectivity index (χ2n) is 4.25. The van der Waals surface area contributed by atoms with Gasteiger partial charge in [0, 0.05) is 5.56 Å². The molecule has 23 heavy (non-hydrogen) atoms. The summed E-state index contributed by atoms with van der Waals surface area (Å²) < 4.78 is 39.4. The van der Waals surface area contributed by atoms with Crippen molar-refractivity contribution in [3.63, 3.8) is 0 Å². The lowest BCUT2D eigenvalue weighted by Gasteiger charge is -2.04. The van der Waals surface area contributed by atoms with E-state index in [1.54, 1.807) is 30.3 Å². The number of aromatic nitrogens is 5.